The maximum absolute atomic E-state index is 12.5. The molecule has 2 aromatic carbocycles. The number of hydrogen-bond acceptors (Lipinski definition) is 3. The highest BCUT2D eigenvalue weighted by Gasteiger charge is 2.24. The first-order valence-corrected chi connectivity index (χ1v) is 8.85. The third-order valence-electron chi connectivity index (χ3n) is 4.22. The molecular formula is C22H29NO2. The molecule has 0 aliphatic carbocycles. The van der Waals surface area contributed by atoms with Gasteiger partial charge in [0.2, 0.25) is 0 Å². The van der Waals surface area contributed by atoms with E-state index in [1.807, 2.05) is 56.3 Å². The average Bonchev–Trinajstić information content (AvgIpc) is 2.58. The van der Waals surface area contributed by atoms with E-state index in [-0.39, 0.29) is 23.3 Å². The summed E-state index contributed by atoms with van der Waals surface area (Å²) in [5.41, 5.74) is 3.31. The highest BCUT2D eigenvalue weighted by atomic mass is 16.5. The number of carbonyl (C=O) groups excluding carboxylic acids is 1. The Hall–Kier alpha value is -2.29. The van der Waals surface area contributed by atoms with Crippen molar-refractivity contribution in [2.24, 2.45) is 5.92 Å². The Morgan fingerprint density at radius 2 is 1.60 bits per heavy atom. The molecule has 0 aliphatic rings. The van der Waals surface area contributed by atoms with Crippen LogP contribution in [0, 0.1) is 5.92 Å². The van der Waals surface area contributed by atoms with Crippen LogP contribution in [-0.2, 0) is 21.6 Å². The van der Waals surface area contributed by atoms with Crippen molar-refractivity contribution >= 4 is 11.7 Å². The Morgan fingerprint density at radius 3 is 2.12 bits per heavy atom. The molecule has 0 fully saturated rings. The van der Waals surface area contributed by atoms with Crippen LogP contribution in [0.4, 0.5) is 5.69 Å². The van der Waals surface area contributed by atoms with Crippen LogP contribution >= 0.6 is 0 Å². The summed E-state index contributed by atoms with van der Waals surface area (Å²) >= 11 is 0. The number of ether oxygens (including phenoxy) is 1. The summed E-state index contributed by atoms with van der Waals surface area (Å²) in [6, 6.07) is 17.6. The third kappa shape index (κ3) is 5.63. The molecule has 25 heavy (non-hydrogen) atoms. The van der Waals surface area contributed by atoms with Crippen LogP contribution < -0.4 is 5.32 Å². The standard InChI is InChI=1S/C22H29NO2/c1-16(2)20(21(24)25-15-17-9-7-6-8-10-17)23-19-13-11-18(12-14-19)22(3,4)5/h6-14,16,20,23H,15H2,1-5H3/t20-/m0/s1. The van der Waals surface area contributed by atoms with Crippen LogP contribution in [0.25, 0.3) is 0 Å². The number of esters is 1. The second kappa shape index (κ2) is 8.19. The molecule has 0 bridgehead atoms. The van der Waals surface area contributed by atoms with Gasteiger partial charge in [-0.3, -0.25) is 0 Å². The Balaban J connectivity index is 2.01. The van der Waals surface area contributed by atoms with E-state index in [0.717, 1.165) is 11.3 Å². The lowest BCUT2D eigenvalue weighted by molar-refractivity contribution is -0.146. The van der Waals surface area contributed by atoms with Crippen LogP contribution in [0.1, 0.15) is 45.7 Å². The summed E-state index contributed by atoms with van der Waals surface area (Å²) in [7, 11) is 0. The Labute approximate surface area is 151 Å². The van der Waals surface area contributed by atoms with Gasteiger partial charge in [-0.05, 0) is 34.6 Å². The Bertz CT molecular complexity index is 669. The molecule has 3 heteroatoms. The predicted molar refractivity (Wildman–Crippen MR) is 104 cm³/mol. The van der Waals surface area contributed by atoms with Gasteiger partial charge in [0, 0.05) is 5.69 Å². The second-order valence-electron chi connectivity index (χ2n) is 7.79. The van der Waals surface area contributed by atoms with Gasteiger partial charge in [0.05, 0.1) is 0 Å². The average molecular weight is 339 g/mol. The highest BCUT2D eigenvalue weighted by molar-refractivity contribution is 5.79. The molecule has 3 nitrogen and oxygen atoms in total. The van der Waals surface area contributed by atoms with Crippen LogP contribution in [0.5, 0.6) is 0 Å². The summed E-state index contributed by atoms with van der Waals surface area (Å²) in [5.74, 6) is -0.0932. The van der Waals surface area contributed by atoms with Gasteiger partial charge >= 0.3 is 5.97 Å². The highest BCUT2D eigenvalue weighted by Crippen LogP contribution is 2.24. The summed E-state index contributed by atoms with van der Waals surface area (Å²) in [6.45, 7) is 10.9. The minimum absolute atomic E-state index is 0.116. The summed E-state index contributed by atoms with van der Waals surface area (Å²) in [6.07, 6.45) is 0. The van der Waals surface area contributed by atoms with E-state index in [9.17, 15) is 4.79 Å². The van der Waals surface area contributed by atoms with E-state index in [1.54, 1.807) is 0 Å². The van der Waals surface area contributed by atoms with E-state index in [0.29, 0.717) is 6.61 Å². The zero-order valence-corrected chi connectivity index (χ0v) is 15.9. The van der Waals surface area contributed by atoms with Gasteiger partial charge in [0.1, 0.15) is 12.6 Å². The van der Waals surface area contributed by atoms with Gasteiger partial charge in [-0.25, -0.2) is 4.79 Å². The topological polar surface area (TPSA) is 38.3 Å². The third-order valence-corrected chi connectivity index (χ3v) is 4.22. The van der Waals surface area contributed by atoms with Gasteiger partial charge < -0.3 is 10.1 Å². The lowest BCUT2D eigenvalue weighted by Gasteiger charge is -2.23. The number of nitrogens with one attached hydrogen (secondary N) is 1. The molecule has 134 valence electrons. The Kier molecular flexibility index (Phi) is 6.24. The summed E-state index contributed by atoms with van der Waals surface area (Å²) < 4.78 is 5.50. The summed E-state index contributed by atoms with van der Waals surface area (Å²) in [4.78, 5) is 12.5. The fraction of sp³-hybridized carbons (Fsp3) is 0.409. The SMILES string of the molecule is CC(C)[C@H](Nc1ccc(C(C)(C)C)cc1)C(=O)OCc1ccccc1. The van der Waals surface area contributed by atoms with Crippen molar-refractivity contribution in [1.29, 1.82) is 0 Å². The van der Waals surface area contributed by atoms with Gasteiger partial charge in [0.15, 0.2) is 0 Å². The van der Waals surface area contributed by atoms with Gasteiger partial charge in [-0.1, -0.05) is 77.1 Å². The Morgan fingerprint density at radius 1 is 1.00 bits per heavy atom. The van der Waals surface area contributed by atoms with Crippen LogP contribution in [-0.4, -0.2) is 12.0 Å². The second-order valence-corrected chi connectivity index (χ2v) is 7.79. The normalized spacial score (nSPS) is 12.7. The van der Waals surface area contributed by atoms with E-state index >= 15 is 0 Å². The number of benzene rings is 2. The smallest absolute Gasteiger partial charge is 0.329 e. The maximum atomic E-state index is 12.5. The molecule has 0 aliphatic heterocycles. The fourth-order valence-electron chi connectivity index (χ4n) is 2.56. The van der Waals surface area contributed by atoms with E-state index in [4.69, 9.17) is 4.74 Å². The number of hydrogen-bond donors (Lipinski definition) is 1. The van der Waals surface area contributed by atoms with Crippen molar-refractivity contribution in [3.63, 3.8) is 0 Å². The molecule has 0 amide bonds. The molecule has 0 aromatic heterocycles. The van der Waals surface area contributed by atoms with E-state index in [1.165, 1.54) is 5.56 Å². The predicted octanol–water partition coefficient (Wildman–Crippen LogP) is 5.16. The van der Waals surface area contributed by atoms with Crippen LogP contribution in [0.2, 0.25) is 0 Å². The van der Waals surface area contributed by atoms with E-state index in [2.05, 4.69) is 38.2 Å². The van der Waals surface area contributed by atoms with Crippen molar-refractivity contribution in [1.82, 2.24) is 0 Å². The maximum Gasteiger partial charge on any atom is 0.329 e. The molecule has 1 N–H and O–H groups in total. The molecule has 0 unspecified atom stereocenters. The van der Waals surface area contributed by atoms with Crippen molar-refractivity contribution < 1.29 is 9.53 Å². The first kappa shape index (κ1) is 19.0. The molecule has 2 aromatic rings. The lowest BCUT2D eigenvalue weighted by atomic mass is 9.87. The van der Waals surface area contributed by atoms with Crippen molar-refractivity contribution in [3.05, 3.63) is 65.7 Å². The number of rotatable bonds is 6. The van der Waals surface area contributed by atoms with E-state index < -0.39 is 0 Å². The first-order valence-electron chi connectivity index (χ1n) is 8.85. The largest absolute Gasteiger partial charge is 0.459 e. The number of anilines is 1. The molecular weight excluding hydrogens is 310 g/mol. The molecule has 1 atom stereocenters. The zero-order valence-electron chi connectivity index (χ0n) is 15.9. The number of carbonyl (C=O) groups is 1. The van der Waals surface area contributed by atoms with Crippen molar-refractivity contribution in [2.75, 3.05) is 5.32 Å². The van der Waals surface area contributed by atoms with Crippen molar-refractivity contribution in [3.8, 4) is 0 Å². The molecule has 0 saturated heterocycles. The first-order chi connectivity index (χ1) is 11.8. The zero-order chi connectivity index (χ0) is 18.4. The van der Waals surface area contributed by atoms with Crippen LogP contribution in [0.3, 0.4) is 0 Å². The molecule has 0 saturated carbocycles. The monoisotopic (exact) mass is 339 g/mol. The van der Waals surface area contributed by atoms with Crippen LogP contribution in [0.15, 0.2) is 54.6 Å². The van der Waals surface area contributed by atoms with Gasteiger partial charge in [-0.2, -0.15) is 0 Å². The lowest BCUT2D eigenvalue weighted by Crippen LogP contribution is -2.36. The van der Waals surface area contributed by atoms with Gasteiger partial charge in [-0.15, -0.1) is 0 Å². The molecule has 0 radical (unpaired) electrons. The quantitative estimate of drug-likeness (QED) is 0.738. The molecule has 0 spiro atoms. The van der Waals surface area contributed by atoms with Crippen molar-refractivity contribution in [2.45, 2.75) is 52.7 Å². The fourth-order valence-corrected chi connectivity index (χ4v) is 2.56. The van der Waals surface area contributed by atoms with Gasteiger partial charge in [0.25, 0.3) is 0 Å². The minimum atomic E-state index is -0.371. The molecule has 0 heterocycles. The molecule has 2 rings (SSSR count). The minimum Gasteiger partial charge on any atom is -0.459 e. The summed E-state index contributed by atoms with van der Waals surface area (Å²) in [5, 5.41) is 3.32.